The quantitative estimate of drug-likeness (QED) is 0.893. The van der Waals surface area contributed by atoms with Crippen molar-refractivity contribution in [1.82, 2.24) is 20.4 Å². The van der Waals surface area contributed by atoms with E-state index in [4.69, 9.17) is 4.42 Å². The third-order valence-corrected chi connectivity index (χ3v) is 4.04. The molecule has 2 N–H and O–H groups in total. The number of piperidine rings is 1. The highest BCUT2D eigenvalue weighted by molar-refractivity contribution is 7.13. The maximum absolute atomic E-state index is 12.1. The van der Waals surface area contributed by atoms with Gasteiger partial charge in [0.25, 0.3) is 5.91 Å². The fraction of sp³-hybridized carbons (Fsp3) is 0.385. The molecule has 0 saturated carbocycles. The van der Waals surface area contributed by atoms with E-state index in [1.165, 1.54) is 17.6 Å². The third-order valence-electron chi connectivity index (χ3n) is 3.43. The second-order valence-electron chi connectivity index (χ2n) is 4.89. The van der Waals surface area contributed by atoms with E-state index in [1.807, 2.05) is 0 Å². The highest BCUT2D eigenvalue weighted by Crippen LogP contribution is 2.15. The number of aromatic nitrogens is 2. The summed E-state index contributed by atoms with van der Waals surface area (Å²) >= 11 is 1.26. The summed E-state index contributed by atoms with van der Waals surface area (Å²) in [4.78, 5) is 25.7. The van der Waals surface area contributed by atoms with Gasteiger partial charge in [0.15, 0.2) is 5.76 Å². The summed E-state index contributed by atoms with van der Waals surface area (Å²) in [5, 5.41) is 13.4. The Morgan fingerprint density at radius 1 is 1.36 bits per heavy atom. The van der Waals surface area contributed by atoms with Crippen molar-refractivity contribution in [2.75, 3.05) is 18.4 Å². The first-order valence-corrected chi connectivity index (χ1v) is 7.77. The fourth-order valence-corrected chi connectivity index (χ4v) is 2.77. The molecule has 3 heterocycles. The molecule has 2 aromatic heterocycles. The first kappa shape index (κ1) is 14.5. The van der Waals surface area contributed by atoms with Gasteiger partial charge in [-0.1, -0.05) is 11.3 Å². The first-order chi connectivity index (χ1) is 10.7. The van der Waals surface area contributed by atoms with E-state index in [0.717, 1.165) is 0 Å². The van der Waals surface area contributed by atoms with Crippen molar-refractivity contribution < 1.29 is 14.0 Å². The number of nitrogens with zero attached hydrogens (tertiary/aromatic N) is 3. The molecular formula is C13H15N5O3S. The van der Waals surface area contributed by atoms with E-state index >= 15 is 0 Å². The summed E-state index contributed by atoms with van der Waals surface area (Å²) in [6.45, 7) is 1.17. The van der Waals surface area contributed by atoms with Gasteiger partial charge in [0.1, 0.15) is 5.51 Å². The van der Waals surface area contributed by atoms with Gasteiger partial charge in [0, 0.05) is 19.1 Å². The number of anilines is 1. The molecule has 0 bridgehead atoms. The SMILES string of the molecule is O=C(Nc1nncs1)NC1CCN(C(=O)c2ccco2)CC1. The number of amides is 3. The van der Waals surface area contributed by atoms with Crippen LogP contribution in [0.1, 0.15) is 23.4 Å². The number of carbonyl (C=O) groups is 2. The van der Waals surface area contributed by atoms with Crippen molar-refractivity contribution in [2.45, 2.75) is 18.9 Å². The molecule has 1 saturated heterocycles. The monoisotopic (exact) mass is 321 g/mol. The van der Waals surface area contributed by atoms with Crippen LogP contribution in [0.5, 0.6) is 0 Å². The summed E-state index contributed by atoms with van der Waals surface area (Å²) in [6, 6.07) is 3.09. The van der Waals surface area contributed by atoms with Crippen molar-refractivity contribution >= 4 is 28.4 Å². The Morgan fingerprint density at radius 3 is 2.82 bits per heavy atom. The minimum Gasteiger partial charge on any atom is -0.459 e. The van der Waals surface area contributed by atoms with Crippen molar-refractivity contribution in [2.24, 2.45) is 0 Å². The van der Waals surface area contributed by atoms with Crippen LogP contribution in [0.2, 0.25) is 0 Å². The molecule has 1 aliphatic heterocycles. The molecule has 116 valence electrons. The molecule has 1 aliphatic rings. The van der Waals surface area contributed by atoms with E-state index in [2.05, 4.69) is 20.8 Å². The van der Waals surface area contributed by atoms with Crippen molar-refractivity contribution in [3.63, 3.8) is 0 Å². The van der Waals surface area contributed by atoms with Crippen LogP contribution < -0.4 is 10.6 Å². The normalized spacial score (nSPS) is 15.5. The maximum Gasteiger partial charge on any atom is 0.321 e. The van der Waals surface area contributed by atoms with Gasteiger partial charge in [-0.25, -0.2) is 4.79 Å². The molecule has 0 spiro atoms. The van der Waals surface area contributed by atoms with E-state index in [1.54, 1.807) is 22.5 Å². The zero-order chi connectivity index (χ0) is 15.4. The molecule has 9 heteroatoms. The smallest absolute Gasteiger partial charge is 0.321 e. The summed E-state index contributed by atoms with van der Waals surface area (Å²) in [7, 11) is 0. The van der Waals surface area contributed by atoms with Crippen LogP contribution in [-0.4, -0.2) is 46.2 Å². The second kappa shape index (κ2) is 6.56. The Bertz CT molecular complexity index is 620. The van der Waals surface area contributed by atoms with Gasteiger partial charge in [0.05, 0.1) is 6.26 Å². The van der Waals surface area contributed by atoms with E-state index in [9.17, 15) is 9.59 Å². The average Bonchev–Trinajstić information content (AvgIpc) is 3.20. The Morgan fingerprint density at radius 2 is 2.18 bits per heavy atom. The van der Waals surface area contributed by atoms with Gasteiger partial charge in [-0.2, -0.15) is 0 Å². The molecule has 1 fully saturated rings. The van der Waals surface area contributed by atoms with E-state index in [-0.39, 0.29) is 18.0 Å². The van der Waals surface area contributed by atoms with Crippen LogP contribution in [0.25, 0.3) is 0 Å². The molecule has 22 heavy (non-hydrogen) atoms. The van der Waals surface area contributed by atoms with Crippen molar-refractivity contribution in [3.8, 4) is 0 Å². The van der Waals surface area contributed by atoms with Crippen LogP contribution >= 0.6 is 11.3 Å². The molecular weight excluding hydrogens is 306 g/mol. The van der Waals surface area contributed by atoms with Gasteiger partial charge in [0.2, 0.25) is 5.13 Å². The molecule has 0 radical (unpaired) electrons. The number of likely N-dealkylation sites (tertiary alicyclic amines) is 1. The van der Waals surface area contributed by atoms with Crippen molar-refractivity contribution in [1.29, 1.82) is 0 Å². The van der Waals surface area contributed by atoms with E-state index < -0.39 is 0 Å². The lowest BCUT2D eigenvalue weighted by molar-refractivity contribution is 0.0676. The predicted molar refractivity (Wildman–Crippen MR) is 79.7 cm³/mol. The zero-order valence-electron chi connectivity index (χ0n) is 11.7. The lowest BCUT2D eigenvalue weighted by Crippen LogP contribution is -2.47. The van der Waals surface area contributed by atoms with E-state index in [0.29, 0.717) is 36.8 Å². The number of nitrogens with one attached hydrogen (secondary N) is 2. The van der Waals surface area contributed by atoms with Gasteiger partial charge < -0.3 is 14.6 Å². The molecule has 8 nitrogen and oxygen atoms in total. The summed E-state index contributed by atoms with van der Waals surface area (Å²) in [5.41, 5.74) is 1.55. The Balaban J connectivity index is 1.45. The van der Waals surface area contributed by atoms with Crippen LogP contribution in [0, 0.1) is 0 Å². The Labute approximate surface area is 130 Å². The topological polar surface area (TPSA) is 100 Å². The zero-order valence-corrected chi connectivity index (χ0v) is 12.5. The van der Waals surface area contributed by atoms with Gasteiger partial charge in [-0.15, -0.1) is 10.2 Å². The Hall–Kier alpha value is -2.42. The summed E-state index contributed by atoms with van der Waals surface area (Å²) < 4.78 is 5.12. The molecule has 0 unspecified atom stereocenters. The van der Waals surface area contributed by atoms with Crippen LogP contribution in [0.3, 0.4) is 0 Å². The van der Waals surface area contributed by atoms with Crippen LogP contribution in [0.15, 0.2) is 28.3 Å². The minimum absolute atomic E-state index is 0.0357. The molecule has 2 aromatic rings. The maximum atomic E-state index is 12.1. The highest BCUT2D eigenvalue weighted by atomic mass is 32.1. The van der Waals surface area contributed by atoms with Crippen LogP contribution in [-0.2, 0) is 0 Å². The number of rotatable bonds is 3. The molecule has 3 rings (SSSR count). The predicted octanol–water partition coefficient (Wildman–Crippen LogP) is 1.56. The summed E-state index contributed by atoms with van der Waals surface area (Å²) in [5.74, 6) is 0.238. The van der Waals surface area contributed by atoms with Gasteiger partial charge in [-0.3, -0.25) is 10.1 Å². The third kappa shape index (κ3) is 3.42. The minimum atomic E-state index is -0.299. The number of hydrogen-bond donors (Lipinski definition) is 2. The molecule has 0 atom stereocenters. The fourth-order valence-electron chi connectivity index (χ4n) is 2.33. The molecule has 3 amide bonds. The van der Waals surface area contributed by atoms with Crippen molar-refractivity contribution in [3.05, 3.63) is 29.7 Å². The van der Waals surface area contributed by atoms with Crippen LogP contribution in [0.4, 0.5) is 9.93 Å². The highest BCUT2D eigenvalue weighted by Gasteiger charge is 2.25. The second-order valence-corrected chi connectivity index (χ2v) is 5.72. The number of hydrogen-bond acceptors (Lipinski definition) is 6. The summed E-state index contributed by atoms with van der Waals surface area (Å²) in [6.07, 6.45) is 2.89. The lowest BCUT2D eigenvalue weighted by atomic mass is 10.1. The number of carbonyl (C=O) groups excluding carboxylic acids is 2. The van der Waals surface area contributed by atoms with Gasteiger partial charge >= 0.3 is 6.03 Å². The molecule has 0 aromatic carbocycles. The first-order valence-electron chi connectivity index (χ1n) is 6.89. The Kier molecular flexibility index (Phi) is 4.33. The lowest BCUT2D eigenvalue weighted by Gasteiger charge is -2.31. The van der Waals surface area contributed by atoms with Gasteiger partial charge in [-0.05, 0) is 25.0 Å². The molecule has 0 aliphatic carbocycles. The number of urea groups is 1. The average molecular weight is 321 g/mol. The standard InChI is InChI=1S/C13H15N5O3S/c19-11(10-2-1-7-21-10)18-5-3-9(4-6-18)15-12(20)16-13-17-14-8-22-13/h1-2,7-9H,3-6H2,(H2,15,16,17,20). The largest absolute Gasteiger partial charge is 0.459 e. The number of furan rings is 1.